The Kier molecular flexibility index (Phi) is 3.95. The summed E-state index contributed by atoms with van der Waals surface area (Å²) in [6.45, 7) is 1.67. The van der Waals surface area contributed by atoms with Gasteiger partial charge in [-0.15, -0.1) is 0 Å². The molecule has 2 aromatic heterocycles. The standard InChI is InChI=1S/C10H12N4O5S/c1-6-4-12-10(19-6)7(20(17)18)3-8-11-5-9(13(8)2)14(15)16/h4-5,7H,3H2,1-2H3,(H,17,18). The fourth-order valence-corrected chi connectivity index (χ4v) is 2.30. The van der Waals surface area contributed by atoms with Crippen molar-refractivity contribution in [2.45, 2.75) is 18.6 Å². The molecule has 0 bridgehead atoms. The lowest BCUT2D eigenvalue weighted by atomic mass is 10.3. The van der Waals surface area contributed by atoms with Gasteiger partial charge in [0.1, 0.15) is 17.2 Å². The van der Waals surface area contributed by atoms with E-state index in [1.54, 1.807) is 6.92 Å². The van der Waals surface area contributed by atoms with Gasteiger partial charge in [0.25, 0.3) is 0 Å². The molecule has 2 atom stereocenters. The Morgan fingerprint density at radius 3 is 2.70 bits per heavy atom. The second kappa shape index (κ2) is 5.51. The van der Waals surface area contributed by atoms with Gasteiger partial charge in [-0.3, -0.25) is 0 Å². The first-order valence-corrected chi connectivity index (χ1v) is 6.74. The van der Waals surface area contributed by atoms with Gasteiger partial charge in [0.2, 0.25) is 5.89 Å². The van der Waals surface area contributed by atoms with Crippen LogP contribution in [0.3, 0.4) is 0 Å². The Balaban J connectivity index is 2.30. The molecule has 0 aliphatic rings. The van der Waals surface area contributed by atoms with Crippen molar-refractivity contribution in [2.75, 3.05) is 0 Å². The molecule has 108 valence electrons. The van der Waals surface area contributed by atoms with Crippen LogP contribution in [0, 0.1) is 17.0 Å². The normalized spacial score (nSPS) is 14.2. The summed E-state index contributed by atoms with van der Waals surface area (Å²) in [6.07, 6.45) is 2.55. The molecule has 1 N–H and O–H groups in total. The maximum absolute atomic E-state index is 11.4. The highest BCUT2D eigenvalue weighted by molar-refractivity contribution is 7.79. The molecule has 0 amide bonds. The molecule has 0 saturated heterocycles. The Bertz CT molecular complexity index is 664. The lowest BCUT2D eigenvalue weighted by Gasteiger charge is -2.07. The molecule has 10 heteroatoms. The van der Waals surface area contributed by atoms with Crippen molar-refractivity contribution in [3.8, 4) is 0 Å². The van der Waals surface area contributed by atoms with Crippen molar-refractivity contribution < 1.29 is 18.1 Å². The molecule has 2 heterocycles. The van der Waals surface area contributed by atoms with Gasteiger partial charge in [0.05, 0.1) is 19.7 Å². The SMILES string of the molecule is Cc1cnc(C(Cc2ncc([N+](=O)[O-])n2C)S(=O)O)o1. The Hall–Kier alpha value is -2.07. The lowest BCUT2D eigenvalue weighted by molar-refractivity contribution is -0.391. The van der Waals surface area contributed by atoms with Crippen LogP contribution in [0.4, 0.5) is 5.82 Å². The van der Waals surface area contributed by atoms with Gasteiger partial charge in [-0.05, 0) is 11.8 Å². The van der Waals surface area contributed by atoms with E-state index in [1.807, 2.05) is 0 Å². The third-order valence-corrected chi connectivity index (χ3v) is 3.63. The highest BCUT2D eigenvalue weighted by Gasteiger charge is 2.28. The zero-order valence-electron chi connectivity index (χ0n) is 10.7. The fraction of sp³-hybridized carbons (Fsp3) is 0.400. The van der Waals surface area contributed by atoms with Gasteiger partial charge in [-0.1, -0.05) is 0 Å². The predicted molar refractivity (Wildman–Crippen MR) is 68.3 cm³/mol. The number of hydrogen-bond acceptors (Lipinski definition) is 6. The van der Waals surface area contributed by atoms with Crippen LogP contribution < -0.4 is 0 Å². The first-order valence-electron chi connectivity index (χ1n) is 5.57. The van der Waals surface area contributed by atoms with E-state index >= 15 is 0 Å². The number of oxazole rings is 1. The van der Waals surface area contributed by atoms with E-state index in [1.165, 1.54) is 17.8 Å². The van der Waals surface area contributed by atoms with Crippen LogP contribution in [0.5, 0.6) is 0 Å². The Labute approximate surface area is 116 Å². The van der Waals surface area contributed by atoms with Crippen molar-refractivity contribution >= 4 is 16.9 Å². The van der Waals surface area contributed by atoms with Crippen LogP contribution in [0.1, 0.15) is 22.7 Å². The quantitative estimate of drug-likeness (QED) is 0.498. The second-order valence-electron chi connectivity index (χ2n) is 4.13. The summed E-state index contributed by atoms with van der Waals surface area (Å²) >= 11 is -2.23. The summed E-state index contributed by atoms with van der Waals surface area (Å²) in [5.41, 5.74) is 0. The monoisotopic (exact) mass is 300 g/mol. The van der Waals surface area contributed by atoms with E-state index in [0.717, 1.165) is 6.20 Å². The van der Waals surface area contributed by atoms with E-state index in [-0.39, 0.29) is 18.1 Å². The minimum absolute atomic E-state index is 0.00735. The summed E-state index contributed by atoms with van der Waals surface area (Å²) in [7, 11) is 1.47. The molecule has 0 aromatic carbocycles. The molecule has 0 aliphatic heterocycles. The van der Waals surface area contributed by atoms with Crippen molar-refractivity contribution in [1.29, 1.82) is 0 Å². The highest BCUT2D eigenvalue weighted by atomic mass is 32.2. The molecule has 0 radical (unpaired) electrons. The first-order chi connectivity index (χ1) is 9.40. The Morgan fingerprint density at radius 2 is 2.25 bits per heavy atom. The minimum atomic E-state index is -2.23. The fourth-order valence-electron chi connectivity index (χ4n) is 1.73. The summed E-state index contributed by atoms with van der Waals surface area (Å²) in [6, 6.07) is 0. The van der Waals surface area contributed by atoms with Crippen LogP contribution in [0.2, 0.25) is 0 Å². The van der Waals surface area contributed by atoms with Crippen LogP contribution >= 0.6 is 0 Å². The molecule has 20 heavy (non-hydrogen) atoms. The summed E-state index contributed by atoms with van der Waals surface area (Å²) in [5.74, 6) is 0.737. The number of rotatable bonds is 5. The van der Waals surface area contributed by atoms with Crippen LogP contribution in [-0.2, 0) is 24.5 Å². The average Bonchev–Trinajstić information content (AvgIpc) is 2.92. The van der Waals surface area contributed by atoms with E-state index in [2.05, 4.69) is 9.97 Å². The number of aromatic nitrogens is 3. The number of imidazole rings is 1. The van der Waals surface area contributed by atoms with E-state index in [0.29, 0.717) is 11.6 Å². The minimum Gasteiger partial charge on any atom is -0.445 e. The van der Waals surface area contributed by atoms with E-state index in [9.17, 15) is 18.9 Å². The molecule has 0 aliphatic carbocycles. The van der Waals surface area contributed by atoms with Crippen molar-refractivity contribution in [1.82, 2.24) is 14.5 Å². The largest absolute Gasteiger partial charge is 0.445 e. The van der Waals surface area contributed by atoms with E-state index < -0.39 is 21.3 Å². The summed E-state index contributed by atoms with van der Waals surface area (Å²) in [4.78, 5) is 18.0. The number of aryl methyl sites for hydroxylation is 1. The predicted octanol–water partition coefficient (Wildman–Crippen LogP) is 1.13. The average molecular weight is 300 g/mol. The highest BCUT2D eigenvalue weighted by Crippen LogP contribution is 2.24. The maximum Gasteiger partial charge on any atom is 0.342 e. The van der Waals surface area contributed by atoms with Gasteiger partial charge in [0, 0.05) is 0 Å². The molecule has 2 unspecified atom stereocenters. The van der Waals surface area contributed by atoms with Crippen molar-refractivity contribution in [2.24, 2.45) is 7.05 Å². The van der Waals surface area contributed by atoms with Gasteiger partial charge >= 0.3 is 5.82 Å². The third-order valence-electron chi connectivity index (χ3n) is 2.77. The van der Waals surface area contributed by atoms with Crippen molar-refractivity contribution in [3.63, 3.8) is 0 Å². The number of nitro groups is 1. The molecule has 2 aromatic rings. The maximum atomic E-state index is 11.4. The number of nitrogens with zero attached hydrogens (tertiary/aromatic N) is 4. The van der Waals surface area contributed by atoms with Crippen LogP contribution in [0.25, 0.3) is 0 Å². The molecule has 0 spiro atoms. The first kappa shape index (κ1) is 14.3. The molecule has 0 fully saturated rings. The van der Waals surface area contributed by atoms with Gasteiger partial charge < -0.3 is 19.1 Å². The third kappa shape index (κ3) is 2.75. The molecular weight excluding hydrogens is 288 g/mol. The number of hydrogen-bond donors (Lipinski definition) is 1. The molecule has 9 nitrogen and oxygen atoms in total. The van der Waals surface area contributed by atoms with E-state index in [4.69, 9.17) is 4.42 Å². The van der Waals surface area contributed by atoms with Gasteiger partial charge in [-0.25, -0.2) is 18.7 Å². The zero-order valence-corrected chi connectivity index (χ0v) is 11.5. The molecular formula is C10H12N4O5S. The van der Waals surface area contributed by atoms with Crippen LogP contribution in [-0.4, -0.2) is 28.2 Å². The smallest absolute Gasteiger partial charge is 0.342 e. The topological polar surface area (TPSA) is 124 Å². The summed E-state index contributed by atoms with van der Waals surface area (Å²) < 4.78 is 27.2. The molecule has 2 rings (SSSR count). The Morgan fingerprint density at radius 1 is 1.55 bits per heavy atom. The molecule has 0 saturated carbocycles. The van der Waals surface area contributed by atoms with Gasteiger partial charge in [-0.2, -0.15) is 0 Å². The lowest BCUT2D eigenvalue weighted by Crippen LogP contribution is -2.13. The van der Waals surface area contributed by atoms with Crippen LogP contribution in [0.15, 0.2) is 16.8 Å². The second-order valence-corrected chi connectivity index (χ2v) is 5.25. The summed E-state index contributed by atoms with van der Waals surface area (Å²) in [5, 5.41) is 9.81. The zero-order chi connectivity index (χ0) is 14.9. The van der Waals surface area contributed by atoms with Gasteiger partial charge in [0.15, 0.2) is 16.9 Å². The van der Waals surface area contributed by atoms with Crippen molar-refractivity contribution in [3.05, 3.63) is 40.0 Å².